The molecule has 1 aromatic carbocycles. The average molecular weight is 231 g/mol. The number of fused-ring (bicyclic) bond motifs is 1. The van der Waals surface area contributed by atoms with E-state index in [0.29, 0.717) is 6.61 Å². The van der Waals surface area contributed by atoms with Crippen LogP contribution in [0.2, 0.25) is 0 Å². The Balaban J connectivity index is 2.38. The first-order valence-electron chi connectivity index (χ1n) is 5.64. The Morgan fingerprint density at radius 3 is 3.06 bits per heavy atom. The lowest BCUT2D eigenvalue weighted by molar-refractivity contribution is 0.183. The van der Waals surface area contributed by atoms with E-state index in [1.165, 1.54) is 10.9 Å². The van der Waals surface area contributed by atoms with Crippen molar-refractivity contribution in [3.8, 4) is 0 Å². The van der Waals surface area contributed by atoms with Crippen LogP contribution in [0.5, 0.6) is 0 Å². The van der Waals surface area contributed by atoms with Crippen molar-refractivity contribution < 1.29 is 4.74 Å². The molecule has 0 amide bonds. The van der Waals surface area contributed by atoms with Crippen LogP contribution in [0.3, 0.4) is 0 Å². The maximum absolute atomic E-state index is 5.62. The normalized spacial score (nSPS) is 12.8. The lowest BCUT2D eigenvalue weighted by atomic mass is 9.98. The highest BCUT2D eigenvalue weighted by molar-refractivity contribution is 5.85. The van der Waals surface area contributed by atoms with Gasteiger partial charge in [-0.15, -0.1) is 0 Å². The number of aromatic nitrogens is 1. The maximum Gasteiger partial charge on any atom is 0.0488 e. The van der Waals surface area contributed by atoms with Crippen molar-refractivity contribution in [1.82, 2.24) is 10.4 Å². The van der Waals surface area contributed by atoms with Gasteiger partial charge in [0.15, 0.2) is 0 Å². The topological polar surface area (TPSA) is 60.2 Å². The van der Waals surface area contributed by atoms with Crippen molar-refractivity contribution >= 4 is 10.8 Å². The number of nitrogens with zero attached hydrogens (tertiary/aromatic N) is 1. The summed E-state index contributed by atoms with van der Waals surface area (Å²) >= 11 is 0. The second kappa shape index (κ2) is 5.72. The van der Waals surface area contributed by atoms with Gasteiger partial charge in [-0.2, -0.15) is 0 Å². The Kier molecular flexibility index (Phi) is 4.03. The van der Waals surface area contributed by atoms with Crippen LogP contribution in [0, 0.1) is 0 Å². The molecule has 1 unspecified atom stereocenters. The van der Waals surface area contributed by atoms with Gasteiger partial charge >= 0.3 is 0 Å². The Morgan fingerprint density at radius 1 is 1.41 bits per heavy atom. The van der Waals surface area contributed by atoms with Gasteiger partial charge in [0.1, 0.15) is 0 Å². The highest BCUT2D eigenvalue weighted by Crippen LogP contribution is 2.25. The fourth-order valence-electron chi connectivity index (χ4n) is 2.02. The summed E-state index contributed by atoms with van der Waals surface area (Å²) in [4.78, 5) is 4.12. The van der Waals surface area contributed by atoms with E-state index >= 15 is 0 Å². The van der Waals surface area contributed by atoms with Crippen LogP contribution in [0.1, 0.15) is 18.0 Å². The fraction of sp³-hybridized carbons (Fsp3) is 0.308. The summed E-state index contributed by atoms with van der Waals surface area (Å²) in [7, 11) is 1.70. The average Bonchev–Trinajstić information content (AvgIpc) is 2.40. The highest BCUT2D eigenvalue weighted by Gasteiger charge is 2.12. The SMILES string of the molecule is COCCC(NN)c1cccc2cnccc12. The third kappa shape index (κ3) is 2.61. The Hall–Kier alpha value is -1.49. The molecule has 17 heavy (non-hydrogen) atoms. The van der Waals surface area contributed by atoms with Gasteiger partial charge < -0.3 is 4.74 Å². The van der Waals surface area contributed by atoms with Gasteiger partial charge in [-0.05, 0) is 23.4 Å². The first kappa shape index (κ1) is 12.0. The van der Waals surface area contributed by atoms with E-state index in [0.717, 1.165) is 11.8 Å². The van der Waals surface area contributed by atoms with Crippen molar-refractivity contribution in [1.29, 1.82) is 0 Å². The minimum absolute atomic E-state index is 0.0982. The number of hydrogen-bond donors (Lipinski definition) is 2. The van der Waals surface area contributed by atoms with Crippen molar-refractivity contribution in [2.45, 2.75) is 12.5 Å². The molecule has 4 heteroatoms. The van der Waals surface area contributed by atoms with E-state index < -0.39 is 0 Å². The number of hydrazine groups is 1. The number of pyridine rings is 1. The molecular weight excluding hydrogens is 214 g/mol. The molecule has 3 N–H and O–H groups in total. The van der Waals surface area contributed by atoms with Gasteiger partial charge in [0.2, 0.25) is 0 Å². The zero-order valence-electron chi connectivity index (χ0n) is 9.89. The number of benzene rings is 1. The predicted molar refractivity (Wildman–Crippen MR) is 68.3 cm³/mol. The predicted octanol–water partition coefficient (Wildman–Crippen LogP) is 1.78. The number of hydrogen-bond acceptors (Lipinski definition) is 4. The molecule has 0 fully saturated rings. The number of nitrogens with one attached hydrogen (secondary N) is 1. The van der Waals surface area contributed by atoms with Crippen LogP contribution < -0.4 is 11.3 Å². The maximum atomic E-state index is 5.62. The van der Waals surface area contributed by atoms with Crippen molar-refractivity contribution in [2.24, 2.45) is 5.84 Å². The monoisotopic (exact) mass is 231 g/mol. The van der Waals surface area contributed by atoms with Gasteiger partial charge in [-0.1, -0.05) is 18.2 Å². The molecule has 1 heterocycles. The molecule has 90 valence electrons. The lowest BCUT2D eigenvalue weighted by Crippen LogP contribution is -2.29. The van der Waals surface area contributed by atoms with E-state index in [1.807, 2.05) is 18.3 Å². The van der Waals surface area contributed by atoms with Crippen LogP contribution in [-0.4, -0.2) is 18.7 Å². The molecule has 0 aliphatic heterocycles. The molecule has 0 saturated heterocycles. The highest BCUT2D eigenvalue weighted by atomic mass is 16.5. The quantitative estimate of drug-likeness (QED) is 0.608. The van der Waals surface area contributed by atoms with E-state index in [9.17, 15) is 0 Å². The summed E-state index contributed by atoms with van der Waals surface area (Å²) in [6, 6.07) is 8.28. The zero-order valence-corrected chi connectivity index (χ0v) is 9.89. The first-order valence-corrected chi connectivity index (χ1v) is 5.64. The largest absolute Gasteiger partial charge is 0.385 e. The van der Waals surface area contributed by atoms with Gasteiger partial charge in [0.25, 0.3) is 0 Å². The second-order valence-corrected chi connectivity index (χ2v) is 3.94. The summed E-state index contributed by atoms with van der Waals surface area (Å²) in [6.07, 6.45) is 4.51. The smallest absolute Gasteiger partial charge is 0.0488 e. The van der Waals surface area contributed by atoms with Crippen LogP contribution in [0.25, 0.3) is 10.8 Å². The van der Waals surface area contributed by atoms with E-state index in [4.69, 9.17) is 10.6 Å². The summed E-state index contributed by atoms with van der Waals surface area (Å²) < 4.78 is 5.10. The van der Waals surface area contributed by atoms with Gasteiger partial charge in [0.05, 0.1) is 0 Å². The van der Waals surface area contributed by atoms with Gasteiger partial charge in [0, 0.05) is 37.5 Å². The number of methoxy groups -OCH3 is 1. The summed E-state index contributed by atoms with van der Waals surface area (Å²) in [6.45, 7) is 0.677. The molecular formula is C13H17N3O. The number of nitrogens with two attached hydrogens (primary N) is 1. The van der Waals surface area contributed by atoms with Crippen LogP contribution in [0.15, 0.2) is 36.7 Å². The Morgan fingerprint density at radius 2 is 2.29 bits per heavy atom. The molecule has 0 aliphatic rings. The third-order valence-corrected chi connectivity index (χ3v) is 2.90. The molecule has 2 rings (SSSR count). The first-order chi connectivity index (χ1) is 8.36. The fourth-order valence-corrected chi connectivity index (χ4v) is 2.02. The minimum Gasteiger partial charge on any atom is -0.385 e. The molecule has 0 radical (unpaired) electrons. The third-order valence-electron chi connectivity index (χ3n) is 2.90. The van der Waals surface area contributed by atoms with E-state index in [-0.39, 0.29) is 6.04 Å². The van der Waals surface area contributed by atoms with Gasteiger partial charge in [-0.3, -0.25) is 16.3 Å². The lowest BCUT2D eigenvalue weighted by Gasteiger charge is -2.17. The summed E-state index contributed by atoms with van der Waals surface area (Å²) in [5.74, 6) is 5.62. The van der Waals surface area contributed by atoms with Crippen molar-refractivity contribution in [3.05, 3.63) is 42.2 Å². The molecule has 4 nitrogen and oxygen atoms in total. The standard InChI is InChI=1S/C13H17N3O/c1-17-8-6-13(16-14)12-4-2-3-10-9-15-7-5-11(10)12/h2-5,7,9,13,16H,6,8,14H2,1H3. The Labute approximate surface area is 101 Å². The van der Waals surface area contributed by atoms with Gasteiger partial charge in [-0.25, -0.2) is 0 Å². The molecule has 0 aliphatic carbocycles. The summed E-state index contributed by atoms with van der Waals surface area (Å²) in [5, 5.41) is 2.31. The summed E-state index contributed by atoms with van der Waals surface area (Å²) in [5.41, 5.74) is 4.03. The van der Waals surface area contributed by atoms with E-state index in [2.05, 4.69) is 22.5 Å². The van der Waals surface area contributed by atoms with Crippen LogP contribution >= 0.6 is 0 Å². The van der Waals surface area contributed by atoms with E-state index in [1.54, 1.807) is 13.3 Å². The molecule has 0 bridgehead atoms. The number of ether oxygens (including phenoxy) is 1. The Bertz CT molecular complexity index is 482. The van der Waals surface area contributed by atoms with Crippen molar-refractivity contribution in [2.75, 3.05) is 13.7 Å². The minimum atomic E-state index is 0.0982. The molecule has 2 aromatic rings. The van der Waals surface area contributed by atoms with Crippen LogP contribution in [-0.2, 0) is 4.74 Å². The zero-order chi connectivity index (χ0) is 12.1. The molecule has 1 aromatic heterocycles. The molecule has 0 saturated carbocycles. The van der Waals surface area contributed by atoms with Crippen molar-refractivity contribution in [3.63, 3.8) is 0 Å². The van der Waals surface area contributed by atoms with Crippen LogP contribution in [0.4, 0.5) is 0 Å². The molecule has 0 spiro atoms. The number of rotatable bonds is 5. The second-order valence-electron chi connectivity index (χ2n) is 3.94. The molecule has 1 atom stereocenters.